The zero-order valence-electron chi connectivity index (χ0n) is 17.7. The van der Waals surface area contributed by atoms with E-state index in [-0.39, 0.29) is 23.5 Å². The van der Waals surface area contributed by atoms with Crippen LogP contribution in [0.4, 0.5) is 10.5 Å². The van der Waals surface area contributed by atoms with Gasteiger partial charge in [-0.25, -0.2) is 4.79 Å². The highest BCUT2D eigenvalue weighted by molar-refractivity contribution is 6.76. The summed E-state index contributed by atoms with van der Waals surface area (Å²) in [5.74, 6) is 0.371. The van der Waals surface area contributed by atoms with Crippen molar-refractivity contribution in [1.29, 1.82) is 0 Å². The molecule has 0 radical (unpaired) electrons. The van der Waals surface area contributed by atoms with Crippen LogP contribution in [0.5, 0.6) is 5.75 Å². The van der Waals surface area contributed by atoms with Crippen LogP contribution in [0.15, 0.2) is 9.59 Å². The Kier molecular flexibility index (Phi) is 7.68. The Bertz CT molecular complexity index is 730. The van der Waals surface area contributed by atoms with E-state index in [9.17, 15) is 14.4 Å². The molecule has 0 aromatic heterocycles. The zero-order valence-corrected chi connectivity index (χ0v) is 18.7. The molecule has 0 spiro atoms. The van der Waals surface area contributed by atoms with Gasteiger partial charge in [-0.1, -0.05) is 38.9 Å². The van der Waals surface area contributed by atoms with E-state index in [1.165, 1.54) is 13.5 Å². The summed E-state index contributed by atoms with van der Waals surface area (Å²) in [4.78, 5) is 35.8. The van der Waals surface area contributed by atoms with Gasteiger partial charge in [0.25, 0.3) is 10.9 Å². The summed E-state index contributed by atoms with van der Waals surface area (Å²) in [7, 11) is 0.104. The summed E-state index contributed by atoms with van der Waals surface area (Å²) in [6, 6.07) is 0.502. The van der Waals surface area contributed by atoms with Crippen molar-refractivity contribution in [1.82, 2.24) is 5.32 Å². The lowest BCUT2D eigenvalue weighted by atomic mass is 9.81. The molecule has 0 saturated heterocycles. The first-order valence-electron chi connectivity index (χ1n) is 10.2. The molecule has 0 unspecified atom stereocenters. The molecule has 2 atom stereocenters. The van der Waals surface area contributed by atoms with Crippen LogP contribution in [0.2, 0.25) is 25.7 Å². The molecule has 1 saturated carbocycles. The number of carbonyl (C=O) groups excluding carboxylic acids is 1. The number of carbonyl (C=O) groups is 1. The van der Waals surface area contributed by atoms with E-state index in [2.05, 4.69) is 30.3 Å². The molecule has 0 aliphatic heterocycles. The highest BCUT2D eigenvalue weighted by Crippen LogP contribution is 2.29. The Morgan fingerprint density at radius 3 is 2.36 bits per heavy atom. The van der Waals surface area contributed by atoms with Gasteiger partial charge in [-0.15, -0.1) is 0 Å². The fraction of sp³-hybridized carbons (Fsp3) is 0.750. The SMILES string of the molecule is COc1c(N[C@@H](C)[C@@H](NC(=O)OCC[Si](C)(C)C)C2CCCCC2)c(=O)c1=O. The number of methoxy groups -OCH3 is 1. The monoisotopic (exact) mass is 410 g/mol. The summed E-state index contributed by atoms with van der Waals surface area (Å²) < 4.78 is 10.4. The molecule has 1 fully saturated rings. The number of nitrogens with one attached hydrogen (secondary N) is 2. The molecule has 28 heavy (non-hydrogen) atoms. The third-order valence-electron chi connectivity index (χ3n) is 5.51. The number of hydrogen-bond donors (Lipinski definition) is 2. The topological polar surface area (TPSA) is 93.7 Å². The molecule has 0 heterocycles. The fourth-order valence-electron chi connectivity index (χ4n) is 3.79. The van der Waals surface area contributed by atoms with E-state index in [0.29, 0.717) is 12.5 Å². The molecule has 1 aliphatic carbocycles. The van der Waals surface area contributed by atoms with Gasteiger partial charge in [0.15, 0.2) is 5.75 Å². The van der Waals surface area contributed by atoms with E-state index >= 15 is 0 Å². The number of rotatable bonds is 9. The largest absolute Gasteiger partial charge is 0.491 e. The highest BCUT2D eigenvalue weighted by atomic mass is 28.3. The van der Waals surface area contributed by atoms with Crippen LogP contribution in [0, 0.1) is 5.92 Å². The Morgan fingerprint density at radius 2 is 1.79 bits per heavy atom. The Balaban J connectivity index is 2.04. The predicted octanol–water partition coefficient (Wildman–Crippen LogP) is 3.10. The van der Waals surface area contributed by atoms with Crippen molar-refractivity contribution in [3.8, 4) is 5.75 Å². The van der Waals surface area contributed by atoms with E-state index in [4.69, 9.17) is 9.47 Å². The van der Waals surface area contributed by atoms with Crippen LogP contribution in [-0.4, -0.2) is 40.0 Å². The van der Waals surface area contributed by atoms with Crippen molar-refractivity contribution in [3.05, 3.63) is 20.4 Å². The summed E-state index contributed by atoms with van der Waals surface area (Å²) >= 11 is 0. The fourth-order valence-corrected chi connectivity index (χ4v) is 4.50. The summed E-state index contributed by atoms with van der Waals surface area (Å²) in [5, 5.41) is 6.12. The van der Waals surface area contributed by atoms with Crippen molar-refractivity contribution >= 4 is 19.9 Å². The molecule has 1 aromatic carbocycles. The molecule has 1 aliphatic rings. The standard InChI is InChI=1S/C20H34N2O5Si/c1-13(21-16-17(23)18(24)19(16)26-2)15(14-9-7-6-8-10-14)22-20(25)27-11-12-28(3,4)5/h13-15,21H,6-12H2,1-5H3,(H,22,25)/t13-,15+/m0/s1. The highest BCUT2D eigenvalue weighted by Gasteiger charge is 2.32. The third-order valence-corrected chi connectivity index (χ3v) is 7.21. The number of alkyl carbamates (subject to hydrolysis) is 1. The quantitative estimate of drug-likeness (QED) is 0.480. The molecule has 8 heteroatoms. The van der Waals surface area contributed by atoms with Gasteiger partial charge in [0, 0.05) is 14.1 Å². The van der Waals surface area contributed by atoms with Crippen LogP contribution >= 0.6 is 0 Å². The van der Waals surface area contributed by atoms with Crippen molar-refractivity contribution in [2.75, 3.05) is 19.0 Å². The maximum Gasteiger partial charge on any atom is 0.407 e. The van der Waals surface area contributed by atoms with Crippen LogP contribution in [0.1, 0.15) is 39.0 Å². The molecule has 1 amide bonds. The number of amides is 1. The number of ether oxygens (including phenoxy) is 2. The average molecular weight is 411 g/mol. The summed E-state index contributed by atoms with van der Waals surface area (Å²) in [6.45, 7) is 9.06. The minimum Gasteiger partial charge on any atom is -0.491 e. The second-order valence-electron chi connectivity index (χ2n) is 9.01. The van der Waals surface area contributed by atoms with Gasteiger partial charge in [0.05, 0.1) is 19.8 Å². The molecular weight excluding hydrogens is 376 g/mol. The molecule has 1 aromatic rings. The van der Waals surface area contributed by atoms with Gasteiger partial charge in [-0.05, 0) is 31.7 Å². The van der Waals surface area contributed by atoms with Gasteiger partial charge in [-0.3, -0.25) is 9.59 Å². The minimum absolute atomic E-state index is 0.0666. The third kappa shape index (κ3) is 5.83. The van der Waals surface area contributed by atoms with Crippen LogP contribution in [0.3, 0.4) is 0 Å². The predicted molar refractivity (Wildman–Crippen MR) is 114 cm³/mol. The minimum atomic E-state index is -1.27. The molecular formula is C20H34N2O5Si. The lowest BCUT2D eigenvalue weighted by molar-refractivity contribution is 0.137. The molecule has 0 bridgehead atoms. The summed E-state index contributed by atoms with van der Waals surface area (Å²) in [5.41, 5.74) is -0.969. The van der Waals surface area contributed by atoms with Gasteiger partial charge in [0.1, 0.15) is 5.69 Å². The zero-order chi connectivity index (χ0) is 20.9. The van der Waals surface area contributed by atoms with E-state index in [1.807, 2.05) is 6.92 Å². The summed E-state index contributed by atoms with van der Waals surface area (Å²) in [6.07, 6.45) is 5.09. The normalized spacial score (nSPS) is 17.8. The van der Waals surface area contributed by atoms with Gasteiger partial charge >= 0.3 is 6.09 Å². The van der Waals surface area contributed by atoms with E-state index in [0.717, 1.165) is 31.7 Å². The molecule has 2 N–H and O–H groups in total. The van der Waals surface area contributed by atoms with Crippen LogP contribution in [0.25, 0.3) is 0 Å². The lowest BCUT2D eigenvalue weighted by Crippen LogP contribution is -2.52. The maximum absolute atomic E-state index is 12.4. The Hall–Kier alpha value is -1.83. The maximum atomic E-state index is 12.4. The van der Waals surface area contributed by atoms with Crippen molar-refractivity contribution in [2.24, 2.45) is 5.92 Å². The first-order chi connectivity index (χ1) is 13.1. The van der Waals surface area contributed by atoms with Crippen molar-refractivity contribution in [2.45, 2.75) is 76.8 Å². The molecule has 2 rings (SSSR count). The second-order valence-corrected chi connectivity index (χ2v) is 14.6. The Labute approximate surface area is 167 Å². The van der Waals surface area contributed by atoms with Crippen LogP contribution < -0.4 is 26.2 Å². The van der Waals surface area contributed by atoms with Crippen molar-refractivity contribution in [3.63, 3.8) is 0 Å². The van der Waals surface area contributed by atoms with Gasteiger partial charge in [0.2, 0.25) is 0 Å². The van der Waals surface area contributed by atoms with Crippen LogP contribution in [-0.2, 0) is 4.74 Å². The first kappa shape index (κ1) is 22.5. The first-order valence-corrected chi connectivity index (χ1v) is 13.9. The molecule has 158 valence electrons. The van der Waals surface area contributed by atoms with E-state index in [1.54, 1.807) is 0 Å². The molecule has 7 nitrogen and oxygen atoms in total. The number of anilines is 1. The van der Waals surface area contributed by atoms with Gasteiger partial charge in [-0.2, -0.15) is 0 Å². The van der Waals surface area contributed by atoms with Gasteiger partial charge < -0.3 is 20.1 Å². The number of hydrogen-bond acceptors (Lipinski definition) is 6. The Morgan fingerprint density at radius 1 is 1.14 bits per heavy atom. The average Bonchev–Trinajstić information content (AvgIpc) is 2.65. The van der Waals surface area contributed by atoms with Crippen molar-refractivity contribution < 1.29 is 14.3 Å². The van der Waals surface area contributed by atoms with E-state index < -0.39 is 25.0 Å². The second kappa shape index (κ2) is 9.58. The smallest absolute Gasteiger partial charge is 0.407 e. The lowest BCUT2D eigenvalue weighted by Gasteiger charge is -2.35.